The molecule has 2 heterocycles. The Morgan fingerprint density at radius 1 is 1.12 bits per heavy atom. The highest BCUT2D eigenvalue weighted by Crippen LogP contribution is 2.15. The highest BCUT2D eigenvalue weighted by molar-refractivity contribution is 5.96. The topological polar surface area (TPSA) is 73.7 Å². The fourth-order valence-corrected chi connectivity index (χ4v) is 3.23. The summed E-state index contributed by atoms with van der Waals surface area (Å²) in [5.74, 6) is -2.22. The van der Waals surface area contributed by atoms with Crippen molar-refractivity contribution >= 4 is 22.8 Å². The summed E-state index contributed by atoms with van der Waals surface area (Å²) in [5, 5.41) is 10.3. The molecule has 1 aromatic carbocycles. The zero-order valence-corrected chi connectivity index (χ0v) is 14.4. The van der Waals surface area contributed by atoms with Gasteiger partial charge in [-0.2, -0.15) is 0 Å². The molecule has 1 unspecified atom stereocenters. The third kappa shape index (κ3) is 3.96. The summed E-state index contributed by atoms with van der Waals surface area (Å²) in [6, 6.07) is 12.2. The summed E-state index contributed by atoms with van der Waals surface area (Å²) in [5.41, 5.74) is 2.00. The van der Waals surface area contributed by atoms with E-state index in [4.69, 9.17) is 5.11 Å². The maximum atomic E-state index is 12.3. The minimum absolute atomic E-state index is 0.265. The van der Waals surface area contributed by atoms with E-state index in [1.54, 1.807) is 11.8 Å². The molecule has 0 radical (unpaired) electrons. The number of hydrogen-bond acceptors (Lipinski definition) is 4. The first kappa shape index (κ1) is 17.4. The fraction of sp³-hybridized carbons (Fsp3) is 0.421. The van der Waals surface area contributed by atoms with Crippen molar-refractivity contribution < 1.29 is 14.7 Å². The second-order valence-corrected chi connectivity index (χ2v) is 6.40. The quantitative estimate of drug-likeness (QED) is 0.842. The van der Waals surface area contributed by atoms with Crippen molar-refractivity contribution in [1.82, 2.24) is 14.8 Å². The summed E-state index contributed by atoms with van der Waals surface area (Å²) < 4.78 is 0. The van der Waals surface area contributed by atoms with Gasteiger partial charge < -0.3 is 10.0 Å². The van der Waals surface area contributed by atoms with E-state index in [1.165, 1.54) is 0 Å². The van der Waals surface area contributed by atoms with Gasteiger partial charge in [-0.25, -0.2) is 0 Å². The van der Waals surface area contributed by atoms with Crippen LogP contribution in [0.2, 0.25) is 0 Å². The van der Waals surface area contributed by atoms with Crippen LogP contribution in [0.15, 0.2) is 36.4 Å². The van der Waals surface area contributed by atoms with Crippen LogP contribution in [0.1, 0.15) is 19.0 Å². The number of rotatable bonds is 5. The number of carbonyl (C=O) groups is 2. The van der Waals surface area contributed by atoms with Crippen LogP contribution in [-0.2, 0) is 16.1 Å². The molecule has 0 aliphatic carbocycles. The third-order valence-corrected chi connectivity index (χ3v) is 4.73. The van der Waals surface area contributed by atoms with E-state index < -0.39 is 11.9 Å². The monoisotopic (exact) mass is 341 g/mol. The molecule has 1 aliphatic heterocycles. The van der Waals surface area contributed by atoms with Crippen molar-refractivity contribution in [2.24, 2.45) is 5.92 Å². The number of aromatic nitrogens is 1. The fourth-order valence-electron chi connectivity index (χ4n) is 3.23. The SMILES string of the molecule is CCC(C(=O)O)C(=O)N1CCN(Cc2ccc3ccccc3n2)CC1. The number of carboxylic acid groups (broad SMARTS) is 1. The molecule has 1 atom stereocenters. The van der Waals surface area contributed by atoms with Crippen LogP contribution in [0.4, 0.5) is 0 Å². The Kier molecular flexibility index (Phi) is 5.28. The van der Waals surface area contributed by atoms with E-state index in [0.29, 0.717) is 19.5 Å². The lowest BCUT2D eigenvalue weighted by atomic mass is 10.0. The van der Waals surface area contributed by atoms with Crippen molar-refractivity contribution in [3.63, 3.8) is 0 Å². The van der Waals surface area contributed by atoms with Crippen molar-refractivity contribution in [3.8, 4) is 0 Å². The first-order chi connectivity index (χ1) is 12.1. The van der Waals surface area contributed by atoms with E-state index in [0.717, 1.165) is 36.2 Å². The molecule has 3 rings (SSSR count). The standard InChI is InChI=1S/C19H23N3O3/c1-2-16(19(24)25)18(23)22-11-9-21(10-12-22)13-15-8-7-14-5-3-4-6-17(14)20-15/h3-8,16H,2,9-13H2,1H3,(H,24,25). The molecule has 0 saturated carbocycles. The van der Waals surface area contributed by atoms with Crippen LogP contribution in [0.3, 0.4) is 0 Å². The van der Waals surface area contributed by atoms with Gasteiger partial charge in [0.1, 0.15) is 5.92 Å². The highest BCUT2D eigenvalue weighted by Gasteiger charge is 2.30. The Morgan fingerprint density at radius 2 is 1.84 bits per heavy atom. The largest absolute Gasteiger partial charge is 0.481 e. The van der Waals surface area contributed by atoms with Gasteiger partial charge in [0, 0.05) is 38.1 Å². The second-order valence-electron chi connectivity index (χ2n) is 6.40. The molecule has 6 heteroatoms. The average molecular weight is 341 g/mol. The molecule has 6 nitrogen and oxygen atoms in total. The molecule has 1 aliphatic rings. The lowest BCUT2D eigenvalue weighted by Gasteiger charge is -2.35. The number of carboxylic acids is 1. The lowest BCUT2D eigenvalue weighted by Crippen LogP contribution is -2.50. The minimum atomic E-state index is -1.03. The number of pyridine rings is 1. The Morgan fingerprint density at radius 3 is 2.52 bits per heavy atom. The average Bonchev–Trinajstić information content (AvgIpc) is 2.62. The van der Waals surface area contributed by atoms with Gasteiger partial charge in [-0.3, -0.25) is 19.5 Å². The summed E-state index contributed by atoms with van der Waals surface area (Å²) in [6.45, 7) is 5.07. The van der Waals surface area contributed by atoms with E-state index in [2.05, 4.69) is 16.0 Å². The second kappa shape index (κ2) is 7.61. The number of fused-ring (bicyclic) bond motifs is 1. The van der Waals surface area contributed by atoms with Crippen LogP contribution in [0, 0.1) is 5.92 Å². The minimum Gasteiger partial charge on any atom is -0.481 e. The van der Waals surface area contributed by atoms with Crippen LogP contribution < -0.4 is 0 Å². The molecular formula is C19H23N3O3. The molecule has 1 amide bonds. The van der Waals surface area contributed by atoms with Crippen LogP contribution in [-0.4, -0.2) is 57.9 Å². The molecule has 132 valence electrons. The Balaban J connectivity index is 1.58. The van der Waals surface area contributed by atoms with Crippen LogP contribution >= 0.6 is 0 Å². The Hall–Kier alpha value is -2.47. The first-order valence-electron chi connectivity index (χ1n) is 8.67. The van der Waals surface area contributed by atoms with Gasteiger partial charge in [0.15, 0.2) is 0 Å². The lowest BCUT2D eigenvalue weighted by molar-refractivity contribution is -0.152. The van der Waals surface area contributed by atoms with E-state index in [1.807, 2.05) is 30.3 Å². The first-order valence-corrected chi connectivity index (χ1v) is 8.67. The highest BCUT2D eigenvalue weighted by atomic mass is 16.4. The summed E-state index contributed by atoms with van der Waals surface area (Å²) in [4.78, 5) is 32.1. The van der Waals surface area contributed by atoms with Crippen LogP contribution in [0.5, 0.6) is 0 Å². The van der Waals surface area contributed by atoms with Gasteiger partial charge in [-0.1, -0.05) is 31.2 Å². The van der Waals surface area contributed by atoms with Crippen LogP contribution in [0.25, 0.3) is 10.9 Å². The molecule has 1 fully saturated rings. The van der Waals surface area contributed by atoms with Crippen molar-refractivity contribution in [1.29, 1.82) is 0 Å². The zero-order valence-electron chi connectivity index (χ0n) is 14.4. The third-order valence-electron chi connectivity index (χ3n) is 4.73. The maximum absolute atomic E-state index is 12.3. The number of para-hydroxylation sites is 1. The van der Waals surface area contributed by atoms with Crippen molar-refractivity contribution in [2.75, 3.05) is 26.2 Å². The molecule has 2 aromatic rings. The molecular weight excluding hydrogens is 318 g/mol. The van der Waals surface area contributed by atoms with Gasteiger partial charge in [0.05, 0.1) is 11.2 Å². The summed E-state index contributed by atoms with van der Waals surface area (Å²) in [6.07, 6.45) is 0.329. The molecule has 0 bridgehead atoms. The van der Waals surface area contributed by atoms with Gasteiger partial charge in [0.2, 0.25) is 5.91 Å². The molecule has 1 saturated heterocycles. The maximum Gasteiger partial charge on any atom is 0.316 e. The van der Waals surface area contributed by atoms with Gasteiger partial charge in [-0.15, -0.1) is 0 Å². The number of carbonyl (C=O) groups excluding carboxylic acids is 1. The number of benzene rings is 1. The summed E-state index contributed by atoms with van der Waals surface area (Å²) in [7, 11) is 0. The molecule has 1 N–H and O–H groups in total. The van der Waals surface area contributed by atoms with Gasteiger partial charge >= 0.3 is 5.97 Å². The number of aliphatic carboxylic acids is 1. The summed E-state index contributed by atoms with van der Waals surface area (Å²) >= 11 is 0. The zero-order chi connectivity index (χ0) is 17.8. The predicted octanol–water partition coefficient (Wildman–Crippen LogP) is 1.99. The van der Waals surface area contributed by atoms with Gasteiger partial charge in [-0.05, 0) is 18.6 Å². The normalized spacial score (nSPS) is 16.8. The van der Waals surface area contributed by atoms with E-state index in [9.17, 15) is 9.59 Å². The van der Waals surface area contributed by atoms with E-state index >= 15 is 0 Å². The number of nitrogens with zero attached hydrogens (tertiary/aromatic N) is 3. The predicted molar refractivity (Wildman–Crippen MR) is 95.0 cm³/mol. The Labute approximate surface area is 147 Å². The molecule has 1 aromatic heterocycles. The Bertz CT molecular complexity index is 769. The molecule has 25 heavy (non-hydrogen) atoms. The van der Waals surface area contributed by atoms with E-state index in [-0.39, 0.29) is 5.91 Å². The number of amides is 1. The smallest absolute Gasteiger partial charge is 0.316 e. The van der Waals surface area contributed by atoms with Gasteiger partial charge in [0.25, 0.3) is 0 Å². The van der Waals surface area contributed by atoms with Crippen molar-refractivity contribution in [3.05, 3.63) is 42.1 Å². The van der Waals surface area contributed by atoms with Crippen molar-refractivity contribution in [2.45, 2.75) is 19.9 Å². The molecule has 0 spiro atoms. The number of hydrogen-bond donors (Lipinski definition) is 1. The number of piperazine rings is 1.